The fourth-order valence-corrected chi connectivity index (χ4v) is 2.29. The van der Waals surface area contributed by atoms with Crippen molar-refractivity contribution in [1.29, 1.82) is 0 Å². The van der Waals surface area contributed by atoms with Crippen LogP contribution < -0.4 is 4.90 Å². The molecule has 0 spiro atoms. The minimum atomic E-state index is 0.493. The van der Waals surface area contributed by atoms with Gasteiger partial charge >= 0.3 is 0 Å². The van der Waals surface area contributed by atoms with E-state index >= 15 is 0 Å². The lowest BCUT2D eigenvalue weighted by atomic mass is 10.00. The van der Waals surface area contributed by atoms with Gasteiger partial charge in [-0.15, -0.1) is 0 Å². The molecule has 1 saturated heterocycles. The number of halogens is 1. The molecular weight excluding hydrogens is 226 g/mol. The van der Waals surface area contributed by atoms with Crippen molar-refractivity contribution in [2.75, 3.05) is 31.7 Å². The van der Waals surface area contributed by atoms with Gasteiger partial charge in [0.2, 0.25) is 0 Å². The highest BCUT2D eigenvalue weighted by molar-refractivity contribution is 6.29. The van der Waals surface area contributed by atoms with Gasteiger partial charge in [0.15, 0.2) is 0 Å². The van der Waals surface area contributed by atoms with E-state index in [1.807, 2.05) is 6.07 Å². The predicted molar refractivity (Wildman–Crippen MR) is 63.8 cm³/mol. The van der Waals surface area contributed by atoms with E-state index in [0.29, 0.717) is 17.0 Å². The Bertz CT molecular complexity index is 361. The van der Waals surface area contributed by atoms with Crippen molar-refractivity contribution in [2.45, 2.75) is 6.92 Å². The van der Waals surface area contributed by atoms with Gasteiger partial charge in [0, 0.05) is 32.2 Å². The second-order valence-corrected chi connectivity index (χ2v) is 4.68. The number of ether oxygens (including phenoxy) is 1. The first-order chi connectivity index (χ1) is 7.70. The molecule has 1 fully saturated rings. The number of nitrogens with zero attached hydrogens (tertiary/aromatic N) is 3. The largest absolute Gasteiger partial charge is 0.384 e. The second kappa shape index (κ2) is 4.97. The summed E-state index contributed by atoms with van der Waals surface area (Å²) in [5.74, 6) is 2.10. The summed E-state index contributed by atoms with van der Waals surface area (Å²) in [7, 11) is 1.75. The minimum Gasteiger partial charge on any atom is -0.384 e. The molecule has 1 aromatic rings. The number of methoxy groups -OCH3 is 1. The van der Waals surface area contributed by atoms with Gasteiger partial charge in [-0.25, -0.2) is 9.97 Å². The summed E-state index contributed by atoms with van der Waals surface area (Å²) in [6.07, 6.45) is 1.51. The number of aromatic nitrogens is 2. The fourth-order valence-electron chi connectivity index (χ4n) is 2.15. The van der Waals surface area contributed by atoms with Gasteiger partial charge < -0.3 is 9.64 Å². The van der Waals surface area contributed by atoms with Crippen LogP contribution in [-0.4, -0.2) is 36.8 Å². The van der Waals surface area contributed by atoms with Crippen LogP contribution in [0, 0.1) is 11.8 Å². The Hall–Kier alpha value is -0.870. The molecule has 5 heteroatoms. The first-order valence-electron chi connectivity index (χ1n) is 5.42. The Morgan fingerprint density at radius 2 is 2.31 bits per heavy atom. The standard InChI is InChI=1S/C11H16ClN3O/c1-8-4-15(5-9(8)6-16-2)11-3-10(12)13-7-14-11/h3,7-9H,4-6H2,1-2H3/t8-,9-/m1/s1. The molecule has 1 aromatic heterocycles. The lowest BCUT2D eigenvalue weighted by molar-refractivity contribution is 0.144. The maximum atomic E-state index is 5.85. The van der Waals surface area contributed by atoms with Crippen LogP contribution in [0.3, 0.4) is 0 Å². The number of rotatable bonds is 3. The highest BCUT2D eigenvalue weighted by Crippen LogP contribution is 2.27. The summed E-state index contributed by atoms with van der Waals surface area (Å²) in [4.78, 5) is 10.4. The van der Waals surface area contributed by atoms with E-state index in [1.165, 1.54) is 6.33 Å². The van der Waals surface area contributed by atoms with E-state index in [-0.39, 0.29) is 0 Å². The SMILES string of the molecule is COC[C@H]1CN(c2cc(Cl)ncn2)C[C@H]1C. The van der Waals surface area contributed by atoms with E-state index < -0.39 is 0 Å². The van der Waals surface area contributed by atoms with E-state index in [2.05, 4.69) is 21.8 Å². The van der Waals surface area contributed by atoms with Crippen molar-refractivity contribution >= 4 is 17.4 Å². The molecule has 1 aliphatic heterocycles. The Morgan fingerprint density at radius 3 is 3.00 bits per heavy atom. The topological polar surface area (TPSA) is 38.2 Å². The molecule has 0 aliphatic carbocycles. The monoisotopic (exact) mass is 241 g/mol. The zero-order valence-corrected chi connectivity index (χ0v) is 10.3. The maximum Gasteiger partial charge on any atom is 0.134 e. The second-order valence-electron chi connectivity index (χ2n) is 4.30. The molecule has 2 heterocycles. The van der Waals surface area contributed by atoms with Crippen molar-refractivity contribution in [1.82, 2.24) is 9.97 Å². The van der Waals surface area contributed by atoms with Crippen LogP contribution >= 0.6 is 11.6 Å². The molecule has 0 N–H and O–H groups in total. The fraction of sp³-hybridized carbons (Fsp3) is 0.636. The molecule has 1 aliphatic rings. The summed E-state index contributed by atoms with van der Waals surface area (Å²) in [5.41, 5.74) is 0. The van der Waals surface area contributed by atoms with Crippen LogP contribution in [0.1, 0.15) is 6.92 Å². The van der Waals surface area contributed by atoms with E-state index in [4.69, 9.17) is 16.3 Å². The van der Waals surface area contributed by atoms with Gasteiger partial charge in [0.25, 0.3) is 0 Å². The van der Waals surface area contributed by atoms with E-state index in [9.17, 15) is 0 Å². The number of hydrogen-bond donors (Lipinski definition) is 0. The van der Waals surface area contributed by atoms with Crippen LogP contribution in [0.2, 0.25) is 5.15 Å². The third-order valence-electron chi connectivity index (χ3n) is 3.09. The van der Waals surface area contributed by atoms with Crippen molar-refractivity contribution in [3.63, 3.8) is 0 Å². The van der Waals surface area contributed by atoms with Crippen LogP contribution in [0.25, 0.3) is 0 Å². The Morgan fingerprint density at radius 1 is 1.50 bits per heavy atom. The third kappa shape index (κ3) is 2.44. The Balaban J connectivity index is 2.07. The highest BCUT2D eigenvalue weighted by atomic mass is 35.5. The molecule has 0 aromatic carbocycles. The summed E-state index contributed by atoms with van der Waals surface area (Å²) in [6, 6.07) is 1.81. The summed E-state index contributed by atoms with van der Waals surface area (Å²) in [6.45, 7) is 5.02. The molecular formula is C11H16ClN3O. The third-order valence-corrected chi connectivity index (χ3v) is 3.30. The van der Waals surface area contributed by atoms with Gasteiger partial charge in [-0.2, -0.15) is 0 Å². The lowest BCUT2D eigenvalue weighted by Gasteiger charge is -2.16. The van der Waals surface area contributed by atoms with Crippen molar-refractivity contribution in [3.8, 4) is 0 Å². The number of anilines is 1. The first kappa shape index (κ1) is 11.6. The average molecular weight is 242 g/mol. The normalized spacial score (nSPS) is 25.1. The molecule has 0 radical (unpaired) electrons. The van der Waals surface area contributed by atoms with Gasteiger partial charge in [0.05, 0.1) is 6.61 Å². The molecule has 0 bridgehead atoms. The van der Waals surface area contributed by atoms with E-state index in [0.717, 1.165) is 25.5 Å². The predicted octanol–water partition coefficient (Wildman–Crippen LogP) is 1.85. The quantitative estimate of drug-likeness (QED) is 0.757. The minimum absolute atomic E-state index is 0.493. The van der Waals surface area contributed by atoms with Crippen molar-refractivity contribution < 1.29 is 4.74 Å². The van der Waals surface area contributed by atoms with Crippen molar-refractivity contribution in [3.05, 3.63) is 17.5 Å². The van der Waals surface area contributed by atoms with Crippen molar-refractivity contribution in [2.24, 2.45) is 11.8 Å². The summed E-state index contributed by atoms with van der Waals surface area (Å²) >= 11 is 5.85. The first-order valence-corrected chi connectivity index (χ1v) is 5.80. The van der Waals surface area contributed by atoms with Gasteiger partial charge in [-0.05, 0) is 5.92 Å². The lowest BCUT2D eigenvalue weighted by Crippen LogP contribution is -2.21. The Labute approximate surface area is 101 Å². The molecule has 16 heavy (non-hydrogen) atoms. The molecule has 0 unspecified atom stereocenters. The molecule has 0 saturated carbocycles. The van der Waals surface area contributed by atoms with Gasteiger partial charge in [0.1, 0.15) is 17.3 Å². The molecule has 0 amide bonds. The average Bonchev–Trinajstić information content (AvgIpc) is 2.61. The zero-order chi connectivity index (χ0) is 11.5. The van der Waals surface area contributed by atoms with Crippen LogP contribution in [0.4, 0.5) is 5.82 Å². The smallest absolute Gasteiger partial charge is 0.134 e. The van der Waals surface area contributed by atoms with Crippen LogP contribution in [-0.2, 0) is 4.74 Å². The molecule has 2 rings (SSSR count). The van der Waals surface area contributed by atoms with Gasteiger partial charge in [-0.3, -0.25) is 0 Å². The zero-order valence-electron chi connectivity index (χ0n) is 9.56. The molecule has 88 valence electrons. The Kier molecular flexibility index (Phi) is 3.61. The molecule has 2 atom stereocenters. The van der Waals surface area contributed by atoms with Gasteiger partial charge in [-0.1, -0.05) is 18.5 Å². The van der Waals surface area contributed by atoms with Crippen LogP contribution in [0.15, 0.2) is 12.4 Å². The summed E-state index contributed by atoms with van der Waals surface area (Å²) < 4.78 is 5.22. The molecule has 4 nitrogen and oxygen atoms in total. The highest BCUT2D eigenvalue weighted by Gasteiger charge is 2.30. The van der Waals surface area contributed by atoms with Crippen LogP contribution in [0.5, 0.6) is 0 Å². The van der Waals surface area contributed by atoms with E-state index in [1.54, 1.807) is 7.11 Å². The summed E-state index contributed by atoms with van der Waals surface area (Å²) in [5, 5.41) is 0.493. The maximum absolute atomic E-state index is 5.85. The number of hydrogen-bond acceptors (Lipinski definition) is 4.